The molecule has 0 saturated carbocycles. The molecule has 1 unspecified atom stereocenters. The second kappa shape index (κ2) is 5.52. The number of carboxylic acids is 1. The lowest BCUT2D eigenvalue weighted by molar-refractivity contribution is -0.137. The summed E-state index contributed by atoms with van der Waals surface area (Å²) in [5, 5.41) is 13.0. The normalized spacial score (nSPS) is 12.6. The molecule has 0 bridgehead atoms. The summed E-state index contributed by atoms with van der Waals surface area (Å²) in [6.07, 6.45) is 1.70. The molecule has 0 saturated heterocycles. The first-order valence-corrected chi connectivity index (χ1v) is 6.97. The van der Waals surface area contributed by atoms with Crippen LogP contribution in [0.1, 0.15) is 23.8 Å². The van der Waals surface area contributed by atoms with E-state index >= 15 is 0 Å². The van der Waals surface area contributed by atoms with Gasteiger partial charge in [-0.1, -0.05) is 6.92 Å². The fourth-order valence-corrected chi connectivity index (χ4v) is 2.95. The predicted molar refractivity (Wildman–Crippen MR) is 76.8 cm³/mol. The minimum Gasteiger partial charge on any atom is -0.481 e. The minimum absolute atomic E-state index is 0.0579. The van der Waals surface area contributed by atoms with Crippen molar-refractivity contribution in [2.45, 2.75) is 27.2 Å². The van der Waals surface area contributed by atoms with E-state index in [1.54, 1.807) is 17.7 Å². The Morgan fingerprint density at radius 2 is 2.21 bits per heavy atom. The number of nitrogens with one attached hydrogen (secondary N) is 1. The van der Waals surface area contributed by atoms with E-state index < -0.39 is 5.97 Å². The van der Waals surface area contributed by atoms with Crippen molar-refractivity contribution in [1.82, 2.24) is 9.97 Å². The highest BCUT2D eigenvalue weighted by atomic mass is 32.1. The summed E-state index contributed by atoms with van der Waals surface area (Å²) in [6, 6.07) is 0. The van der Waals surface area contributed by atoms with Gasteiger partial charge in [0.2, 0.25) is 0 Å². The van der Waals surface area contributed by atoms with Crippen LogP contribution >= 0.6 is 11.3 Å². The van der Waals surface area contributed by atoms with Gasteiger partial charge in [0.1, 0.15) is 17.0 Å². The van der Waals surface area contributed by atoms with Gasteiger partial charge in [0, 0.05) is 17.8 Å². The van der Waals surface area contributed by atoms with Crippen LogP contribution in [0.15, 0.2) is 6.33 Å². The number of aliphatic carboxylic acids is 1. The lowest BCUT2D eigenvalue weighted by Crippen LogP contribution is -2.15. The molecule has 2 aromatic rings. The Hall–Kier alpha value is -1.69. The van der Waals surface area contributed by atoms with E-state index in [2.05, 4.69) is 29.1 Å². The summed E-state index contributed by atoms with van der Waals surface area (Å²) in [4.78, 5) is 21.4. The summed E-state index contributed by atoms with van der Waals surface area (Å²) in [7, 11) is 0. The van der Waals surface area contributed by atoms with Gasteiger partial charge in [0.05, 0.1) is 5.39 Å². The molecule has 0 aromatic carbocycles. The average Bonchev–Trinajstić information content (AvgIpc) is 2.62. The number of aryl methyl sites for hydroxylation is 2. The standard InChI is InChI=1S/C13H17N3O2S/c1-7(4-10(17)18)5-14-12-11-8(2)9(3)19-13(11)16-6-15-12/h6-7H,4-5H2,1-3H3,(H,17,18)(H,14,15,16). The molecule has 0 aliphatic heterocycles. The van der Waals surface area contributed by atoms with Gasteiger partial charge in [0.25, 0.3) is 0 Å². The molecule has 2 rings (SSSR count). The fraction of sp³-hybridized carbons (Fsp3) is 0.462. The molecule has 1 atom stereocenters. The third-order valence-corrected chi connectivity index (χ3v) is 4.22. The third-order valence-electron chi connectivity index (χ3n) is 3.11. The molecule has 2 heterocycles. The lowest BCUT2D eigenvalue weighted by Gasteiger charge is -2.11. The van der Waals surface area contributed by atoms with Gasteiger partial charge in [0.15, 0.2) is 0 Å². The Balaban J connectivity index is 2.19. The zero-order valence-electron chi connectivity index (χ0n) is 11.2. The zero-order valence-corrected chi connectivity index (χ0v) is 12.0. The molecule has 0 amide bonds. The maximum atomic E-state index is 10.6. The Bertz CT molecular complexity index is 609. The molecule has 102 valence electrons. The average molecular weight is 279 g/mol. The molecule has 6 heteroatoms. The highest BCUT2D eigenvalue weighted by molar-refractivity contribution is 7.18. The summed E-state index contributed by atoms with van der Waals surface area (Å²) in [6.45, 7) is 6.62. The maximum absolute atomic E-state index is 10.6. The number of fused-ring (bicyclic) bond motifs is 1. The van der Waals surface area contributed by atoms with E-state index in [4.69, 9.17) is 5.11 Å². The molecule has 0 spiro atoms. The molecular formula is C13H17N3O2S. The van der Waals surface area contributed by atoms with Gasteiger partial charge >= 0.3 is 5.97 Å². The molecule has 0 aliphatic rings. The number of nitrogens with zero attached hydrogens (tertiary/aromatic N) is 2. The minimum atomic E-state index is -0.773. The zero-order chi connectivity index (χ0) is 14.0. The van der Waals surface area contributed by atoms with E-state index in [0.29, 0.717) is 6.54 Å². The van der Waals surface area contributed by atoms with Crippen molar-refractivity contribution in [2.24, 2.45) is 5.92 Å². The quantitative estimate of drug-likeness (QED) is 0.880. The molecule has 0 fully saturated rings. The van der Waals surface area contributed by atoms with Gasteiger partial charge in [-0.2, -0.15) is 0 Å². The Morgan fingerprint density at radius 3 is 2.89 bits per heavy atom. The van der Waals surface area contributed by atoms with E-state index in [-0.39, 0.29) is 12.3 Å². The fourth-order valence-electron chi connectivity index (χ4n) is 1.96. The SMILES string of the molecule is Cc1sc2ncnc(NCC(C)CC(=O)O)c2c1C. The number of carbonyl (C=O) groups is 1. The first kappa shape index (κ1) is 13.7. The number of thiophene rings is 1. The van der Waals surface area contributed by atoms with Crippen LogP contribution in [0.25, 0.3) is 10.2 Å². The Kier molecular flexibility index (Phi) is 3.99. The first-order chi connectivity index (χ1) is 8.99. The number of carboxylic acid groups (broad SMARTS) is 1. The number of hydrogen-bond donors (Lipinski definition) is 2. The van der Waals surface area contributed by atoms with Crippen molar-refractivity contribution >= 4 is 33.3 Å². The number of rotatable bonds is 5. The summed E-state index contributed by atoms with van der Waals surface area (Å²) in [5.74, 6) is 0.0799. The van der Waals surface area contributed by atoms with Crippen LogP contribution in [0.5, 0.6) is 0 Å². The van der Waals surface area contributed by atoms with Crippen molar-refractivity contribution in [2.75, 3.05) is 11.9 Å². The summed E-state index contributed by atoms with van der Waals surface area (Å²) in [5.41, 5.74) is 1.19. The second-order valence-corrected chi connectivity index (χ2v) is 5.97. The van der Waals surface area contributed by atoms with Crippen LogP contribution in [0, 0.1) is 19.8 Å². The predicted octanol–water partition coefficient (Wildman–Crippen LogP) is 2.83. The van der Waals surface area contributed by atoms with Crippen molar-refractivity contribution in [1.29, 1.82) is 0 Å². The van der Waals surface area contributed by atoms with E-state index in [9.17, 15) is 4.79 Å². The largest absolute Gasteiger partial charge is 0.481 e. The Morgan fingerprint density at radius 1 is 1.47 bits per heavy atom. The van der Waals surface area contributed by atoms with Crippen LogP contribution in [0.2, 0.25) is 0 Å². The highest BCUT2D eigenvalue weighted by Crippen LogP contribution is 2.32. The molecule has 0 aliphatic carbocycles. The van der Waals surface area contributed by atoms with Crippen molar-refractivity contribution in [3.05, 3.63) is 16.8 Å². The van der Waals surface area contributed by atoms with Crippen LogP contribution in [-0.2, 0) is 4.79 Å². The second-order valence-electron chi connectivity index (χ2n) is 4.77. The number of aromatic nitrogens is 2. The van der Waals surface area contributed by atoms with E-state index in [1.807, 2.05) is 6.92 Å². The maximum Gasteiger partial charge on any atom is 0.303 e. The smallest absolute Gasteiger partial charge is 0.303 e. The molecule has 0 radical (unpaired) electrons. The van der Waals surface area contributed by atoms with E-state index in [1.165, 1.54) is 10.4 Å². The van der Waals surface area contributed by atoms with Gasteiger partial charge in [-0.15, -0.1) is 11.3 Å². The van der Waals surface area contributed by atoms with Gasteiger partial charge < -0.3 is 10.4 Å². The Labute approximate surface area is 115 Å². The number of hydrogen-bond acceptors (Lipinski definition) is 5. The van der Waals surface area contributed by atoms with Crippen LogP contribution < -0.4 is 5.32 Å². The summed E-state index contributed by atoms with van der Waals surface area (Å²) < 4.78 is 0. The first-order valence-electron chi connectivity index (χ1n) is 6.15. The monoisotopic (exact) mass is 279 g/mol. The third kappa shape index (κ3) is 3.01. The number of anilines is 1. The van der Waals surface area contributed by atoms with Gasteiger partial charge in [-0.05, 0) is 25.3 Å². The van der Waals surface area contributed by atoms with Crippen molar-refractivity contribution in [3.8, 4) is 0 Å². The van der Waals surface area contributed by atoms with Crippen molar-refractivity contribution in [3.63, 3.8) is 0 Å². The van der Waals surface area contributed by atoms with Crippen molar-refractivity contribution < 1.29 is 9.90 Å². The highest BCUT2D eigenvalue weighted by Gasteiger charge is 2.13. The molecule has 19 heavy (non-hydrogen) atoms. The van der Waals surface area contributed by atoms with Gasteiger partial charge in [-0.25, -0.2) is 9.97 Å². The van der Waals surface area contributed by atoms with Crippen LogP contribution in [0.3, 0.4) is 0 Å². The topological polar surface area (TPSA) is 75.1 Å². The molecule has 5 nitrogen and oxygen atoms in total. The molecule has 2 aromatic heterocycles. The van der Waals surface area contributed by atoms with E-state index in [0.717, 1.165) is 16.0 Å². The molecular weight excluding hydrogens is 262 g/mol. The lowest BCUT2D eigenvalue weighted by atomic mass is 10.1. The summed E-state index contributed by atoms with van der Waals surface area (Å²) >= 11 is 1.65. The van der Waals surface area contributed by atoms with Crippen LogP contribution in [-0.4, -0.2) is 27.6 Å². The van der Waals surface area contributed by atoms with Gasteiger partial charge in [-0.3, -0.25) is 4.79 Å². The molecule has 2 N–H and O–H groups in total. The van der Waals surface area contributed by atoms with Crippen LogP contribution in [0.4, 0.5) is 5.82 Å².